The van der Waals surface area contributed by atoms with Crippen LogP contribution in [-0.2, 0) is 6.54 Å². The van der Waals surface area contributed by atoms with Gasteiger partial charge in [0.2, 0.25) is 0 Å². The minimum atomic E-state index is -0.599. The molecular formula is C12H8BrFN2O3. The second-order valence-corrected chi connectivity index (χ2v) is 4.67. The maximum Gasteiger partial charge on any atom is 0.274 e. The topological polar surface area (TPSA) is 65.1 Å². The number of benzene rings is 1. The highest BCUT2D eigenvalue weighted by Gasteiger charge is 2.15. The minimum absolute atomic E-state index is 0.0631. The fraction of sp³-hybridized carbons (Fsp3) is 0.0833. The molecule has 1 heterocycles. The van der Waals surface area contributed by atoms with Gasteiger partial charge in [0.25, 0.3) is 11.2 Å². The highest BCUT2D eigenvalue weighted by atomic mass is 79.9. The van der Waals surface area contributed by atoms with Gasteiger partial charge in [-0.25, -0.2) is 4.39 Å². The Bertz CT molecular complexity index is 700. The predicted molar refractivity (Wildman–Crippen MR) is 70.6 cm³/mol. The molecule has 98 valence electrons. The first-order chi connectivity index (χ1) is 8.99. The first-order valence-corrected chi connectivity index (χ1v) is 6.06. The Morgan fingerprint density at radius 3 is 2.79 bits per heavy atom. The SMILES string of the molecule is O=c1c(Br)cccn1Cc1cc(F)ccc1[N+](=O)[O-]. The van der Waals surface area contributed by atoms with Crippen LogP contribution in [0.1, 0.15) is 5.56 Å². The van der Waals surface area contributed by atoms with E-state index in [1.807, 2.05) is 0 Å². The minimum Gasteiger partial charge on any atom is -0.310 e. The van der Waals surface area contributed by atoms with Crippen LogP contribution in [0.3, 0.4) is 0 Å². The van der Waals surface area contributed by atoms with Gasteiger partial charge in [-0.2, -0.15) is 0 Å². The zero-order valence-corrected chi connectivity index (χ0v) is 11.1. The second kappa shape index (κ2) is 5.31. The summed E-state index contributed by atoms with van der Waals surface area (Å²) in [6, 6.07) is 6.36. The van der Waals surface area contributed by atoms with Crippen LogP contribution in [0, 0.1) is 15.9 Å². The van der Waals surface area contributed by atoms with Crippen LogP contribution < -0.4 is 5.56 Å². The molecule has 0 spiro atoms. The molecule has 19 heavy (non-hydrogen) atoms. The molecule has 0 saturated heterocycles. The monoisotopic (exact) mass is 326 g/mol. The van der Waals surface area contributed by atoms with Gasteiger partial charge in [0.1, 0.15) is 5.82 Å². The molecule has 1 aromatic heterocycles. The molecule has 1 aromatic carbocycles. The van der Waals surface area contributed by atoms with Crippen LogP contribution in [0.2, 0.25) is 0 Å². The molecule has 0 amide bonds. The lowest BCUT2D eigenvalue weighted by Crippen LogP contribution is -2.20. The number of hydrogen-bond acceptors (Lipinski definition) is 3. The van der Waals surface area contributed by atoms with Crippen molar-refractivity contribution in [3.63, 3.8) is 0 Å². The van der Waals surface area contributed by atoms with Gasteiger partial charge >= 0.3 is 0 Å². The molecular weight excluding hydrogens is 319 g/mol. The Kier molecular flexibility index (Phi) is 3.75. The van der Waals surface area contributed by atoms with Crippen molar-refractivity contribution in [1.29, 1.82) is 0 Å². The van der Waals surface area contributed by atoms with Gasteiger partial charge in [0.15, 0.2) is 0 Å². The third-order valence-corrected chi connectivity index (χ3v) is 3.16. The Morgan fingerprint density at radius 1 is 1.37 bits per heavy atom. The van der Waals surface area contributed by atoms with Crippen molar-refractivity contribution >= 4 is 21.6 Å². The smallest absolute Gasteiger partial charge is 0.274 e. The van der Waals surface area contributed by atoms with Crippen molar-refractivity contribution in [2.45, 2.75) is 6.54 Å². The summed E-state index contributed by atoms with van der Waals surface area (Å²) in [4.78, 5) is 22.1. The van der Waals surface area contributed by atoms with E-state index >= 15 is 0 Å². The predicted octanol–water partition coefficient (Wildman–Crippen LogP) is 2.71. The maximum atomic E-state index is 13.2. The lowest BCUT2D eigenvalue weighted by molar-refractivity contribution is -0.385. The Morgan fingerprint density at radius 2 is 2.11 bits per heavy atom. The molecule has 0 radical (unpaired) electrons. The molecule has 0 fully saturated rings. The Hall–Kier alpha value is -2.02. The Labute approximate surface area is 115 Å². The molecule has 7 heteroatoms. The number of pyridine rings is 1. The first-order valence-electron chi connectivity index (χ1n) is 5.27. The highest BCUT2D eigenvalue weighted by Crippen LogP contribution is 2.20. The summed E-state index contributed by atoms with van der Waals surface area (Å²) in [6.07, 6.45) is 1.49. The maximum absolute atomic E-state index is 13.2. The fourth-order valence-corrected chi connectivity index (χ4v) is 2.05. The molecule has 0 aliphatic rings. The van der Waals surface area contributed by atoms with Gasteiger partial charge in [-0.15, -0.1) is 0 Å². The molecule has 5 nitrogen and oxygen atoms in total. The van der Waals surface area contributed by atoms with Crippen molar-refractivity contribution in [1.82, 2.24) is 4.57 Å². The number of nitro benzene ring substituents is 1. The normalized spacial score (nSPS) is 10.4. The van der Waals surface area contributed by atoms with Crippen LogP contribution >= 0.6 is 15.9 Å². The largest absolute Gasteiger partial charge is 0.310 e. The third-order valence-electron chi connectivity index (χ3n) is 2.55. The van der Waals surface area contributed by atoms with E-state index in [2.05, 4.69) is 15.9 Å². The zero-order valence-electron chi connectivity index (χ0n) is 9.55. The number of aromatic nitrogens is 1. The molecule has 0 saturated carbocycles. The molecule has 0 aliphatic heterocycles. The van der Waals surface area contributed by atoms with Crippen molar-refractivity contribution in [2.24, 2.45) is 0 Å². The van der Waals surface area contributed by atoms with Gasteiger partial charge in [-0.1, -0.05) is 0 Å². The van der Waals surface area contributed by atoms with E-state index in [4.69, 9.17) is 0 Å². The summed E-state index contributed by atoms with van der Waals surface area (Å²) in [5.74, 6) is -0.580. The zero-order chi connectivity index (χ0) is 14.0. The van der Waals surface area contributed by atoms with Gasteiger partial charge in [0, 0.05) is 12.3 Å². The number of halogens is 2. The molecule has 0 bridgehead atoms. The summed E-state index contributed by atoms with van der Waals surface area (Å²) in [7, 11) is 0. The van der Waals surface area contributed by atoms with E-state index in [1.165, 1.54) is 10.8 Å². The van der Waals surface area contributed by atoms with Crippen molar-refractivity contribution in [3.8, 4) is 0 Å². The number of rotatable bonds is 3. The summed E-state index contributed by atoms with van der Waals surface area (Å²) in [5.41, 5.74) is -0.403. The van der Waals surface area contributed by atoms with E-state index in [1.54, 1.807) is 12.1 Å². The quantitative estimate of drug-likeness (QED) is 0.643. The van der Waals surface area contributed by atoms with E-state index in [0.29, 0.717) is 4.47 Å². The van der Waals surface area contributed by atoms with Gasteiger partial charge in [0.05, 0.1) is 21.5 Å². The summed E-state index contributed by atoms with van der Waals surface area (Å²) in [6.45, 7) is -0.0631. The van der Waals surface area contributed by atoms with Crippen LogP contribution in [0.15, 0.2) is 45.8 Å². The molecule has 0 N–H and O–H groups in total. The average Bonchev–Trinajstić information content (AvgIpc) is 2.35. The summed E-state index contributed by atoms with van der Waals surface area (Å²) < 4.78 is 14.8. The molecule has 0 unspecified atom stereocenters. The average molecular weight is 327 g/mol. The second-order valence-electron chi connectivity index (χ2n) is 3.82. The van der Waals surface area contributed by atoms with Crippen LogP contribution in [-0.4, -0.2) is 9.49 Å². The number of nitro groups is 1. The van der Waals surface area contributed by atoms with E-state index < -0.39 is 10.7 Å². The van der Waals surface area contributed by atoms with Crippen LogP contribution in [0.5, 0.6) is 0 Å². The molecule has 0 atom stereocenters. The van der Waals surface area contributed by atoms with Gasteiger partial charge in [-0.05, 0) is 40.2 Å². The van der Waals surface area contributed by atoms with Gasteiger partial charge in [-0.3, -0.25) is 14.9 Å². The summed E-state index contributed by atoms with van der Waals surface area (Å²) >= 11 is 3.08. The van der Waals surface area contributed by atoms with E-state index in [9.17, 15) is 19.3 Å². The summed E-state index contributed by atoms with van der Waals surface area (Å²) in [5, 5.41) is 10.9. The third kappa shape index (κ3) is 2.87. The molecule has 0 aliphatic carbocycles. The fourth-order valence-electron chi connectivity index (χ4n) is 1.67. The van der Waals surface area contributed by atoms with E-state index in [0.717, 1.165) is 18.2 Å². The van der Waals surface area contributed by atoms with E-state index in [-0.39, 0.29) is 23.4 Å². The molecule has 2 rings (SSSR count). The lowest BCUT2D eigenvalue weighted by atomic mass is 10.1. The van der Waals surface area contributed by atoms with Gasteiger partial charge < -0.3 is 4.57 Å². The first kappa shape index (κ1) is 13.4. The van der Waals surface area contributed by atoms with Crippen LogP contribution in [0.4, 0.5) is 10.1 Å². The number of hydrogen-bond donors (Lipinski definition) is 0. The number of nitrogens with zero attached hydrogens (tertiary/aromatic N) is 2. The highest BCUT2D eigenvalue weighted by molar-refractivity contribution is 9.10. The standard InChI is InChI=1S/C12H8BrFN2O3/c13-10-2-1-5-15(12(10)17)7-8-6-9(14)3-4-11(8)16(18)19/h1-6H,7H2. The Balaban J connectivity index is 2.48. The lowest BCUT2D eigenvalue weighted by Gasteiger charge is -2.07. The van der Waals surface area contributed by atoms with Crippen molar-refractivity contribution in [3.05, 3.63) is 72.9 Å². The van der Waals surface area contributed by atoms with Crippen molar-refractivity contribution < 1.29 is 9.31 Å². The molecule has 2 aromatic rings. The van der Waals surface area contributed by atoms with Crippen molar-refractivity contribution in [2.75, 3.05) is 0 Å². The van der Waals surface area contributed by atoms with Crippen LogP contribution in [0.25, 0.3) is 0 Å².